The molecule has 0 radical (unpaired) electrons. The molecule has 0 atom stereocenters. The molecule has 2 N–H and O–H groups in total. The van der Waals surface area contributed by atoms with E-state index in [0.29, 0.717) is 19.5 Å². The van der Waals surface area contributed by atoms with Gasteiger partial charge in [0.05, 0.1) is 0 Å². The number of benzene rings is 1. The predicted molar refractivity (Wildman–Crippen MR) is 133 cm³/mol. The fourth-order valence-corrected chi connectivity index (χ4v) is 4.68. The molecule has 4 rings (SSSR count). The third-order valence-corrected chi connectivity index (χ3v) is 6.70. The van der Waals surface area contributed by atoms with E-state index in [0.717, 1.165) is 55.6 Å². The van der Waals surface area contributed by atoms with Crippen LogP contribution in [0.2, 0.25) is 0 Å². The highest BCUT2D eigenvalue weighted by atomic mass is 16.2. The minimum atomic E-state index is -0.354. The Bertz CT molecular complexity index is 1040. The van der Waals surface area contributed by atoms with Crippen LogP contribution in [0.15, 0.2) is 54.7 Å². The number of aromatic nitrogens is 1. The maximum Gasteiger partial charge on any atom is 0.246 e. The van der Waals surface area contributed by atoms with Crippen molar-refractivity contribution in [2.24, 2.45) is 5.41 Å². The molecule has 0 unspecified atom stereocenters. The lowest BCUT2D eigenvalue weighted by molar-refractivity contribution is -0.125. The third-order valence-electron chi connectivity index (χ3n) is 6.70. The molecule has 1 aromatic heterocycles. The first-order valence-electron chi connectivity index (χ1n) is 11.7. The van der Waals surface area contributed by atoms with E-state index in [2.05, 4.69) is 33.8 Å². The highest BCUT2D eigenvalue weighted by molar-refractivity contribution is 5.92. The summed E-state index contributed by atoms with van der Waals surface area (Å²) in [6.45, 7) is 3.03. The van der Waals surface area contributed by atoms with E-state index in [1.165, 1.54) is 11.1 Å². The third kappa shape index (κ3) is 5.57. The molecule has 2 aliphatic rings. The molecule has 172 valence electrons. The van der Waals surface area contributed by atoms with E-state index >= 15 is 0 Å². The molecule has 3 heterocycles. The molecular formula is C27H32N4O2. The van der Waals surface area contributed by atoms with Crippen LogP contribution in [0.25, 0.3) is 11.6 Å². The van der Waals surface area contributed by atoms with Gasteiger partial charge in [0, 0.05) is 37.8 Å². The molecule has 1 fully saturated rings. The second-order valence-electron chi connectivity index (χ2n) is 8.90. The summed E-state index contributed by atoms with van der Waals surface area (Å²) in [4.78, 5) is 31.1. The van der Waals surface area contributed by atoms with Crippen molar-refractivity contribution >= 4 is 29.7 Å². The normalized spacial score (nSPS) is 18.1. The number of pyridine rings is 1. The molecule has 2 aromatic rings. The van der Waals surface area contributed by atoms with Gasteiger partial charge in [-0.1, -0.05) is 36.4 Å². The summed E-state index contributed by atoms with van der Waals surface area (Å²) < 4.78 is 0. The highest BCUT2D eigenvalue weighted by Crippen LogP contribution is 2.33. The Labute approximate surface area is 195 Å². The number of amides is 1. The zero-order valence-corrected chi connectivity index (χ0v) is 19.2. The van der Waals surface area contributed by atoms with Crippen molar-refractivity contribution in [2.75, 3.05) is 38.5 Å². The van der Waals surface area contributed by atoms with E-state index in [1.54, 1.807) is 12.3 Å². The van der Waals surface area contributed by atoms with Crippen molar-refractivity contribution in [2.45, 2.75) is 25.7 Å². The van der Waals surface area contributed by atoms with Crippen LogP contribution in [0.5, 0.6) is 0 Å². The molecule has 0 bridgehead atoms. The van der Waals surface area contributed by atoms with Gasteiger partial charge in [-0.05, 0) is 73.2 Å². The van der Waals surface area contributed by atoms with Gasteiger partial charge < -0.3 is 20.3 Å². The number of nitrogens with one attached hydrogen (secondary N) is 2. The molecule has 0 spiro atoms. The molecule has 0 aliphatic carbocycles. The summed E-state index contributed by atoms with van der Waals surface area (Å²) in [5, 5.41) is 6.47. The lowest BCUT2D eigenvalue weighted by atomic mass is 9.75. The summed E-state index contributed by atoms with van der Waals surface area (Å²) in [5.41, 5.74) is 4.04. The van der Waals surface area contributed by atoms with Gasteiger partial charge in [-0.25, -0.2) is 4.98 Å². The summed E-state index contributed by atoms with van der Waals surface area (Å²) in [6.07, 6.45) is 11.6. The van der Waals surface area contributed by atoms with Crippen LogP contribution < -0.4 is 10.6 Å². The van der Waals surface area contributed by atoms with Crippen LogP contribution in [0.3, 0.4) is 0 Å². The number of carbonyl (C=O) groups is 2. The molecule has 6 nitrogen and oxygen atoms in total. The van der Waals surface area contributed by atoms with Crippen LogP contribution >= 0.6 is 0 Å². The van der Waals surface area contributed by atoms with Crippen LogP contribution in [0.4, 0.5) is 5.82 Å². The predicted octanol–water partition coefficient (Wildman–Crippen LogP) is 3.56. The first kappa shape index (κ1) is 22.9. The lowest BCUT2D eigenvalue weighted by Gasteiger charge is -2.33. The first-order chi connectivity index (χ1) is 16.1. The standard InChI is InChI=1S/C27H32N4O2/c1-28-26-24(18-27(20-32)11-13-29-14-12-27)17-21(19-30-26)7-8-25(33)31-15-9-23(10-16-31)22-5-3-2-4-6-22/h2-9,17,19-20,29H,10-16,18H2,1H3,(H,28,30)/b8-7+. The van der Waals surface area contributed by atoms with Crippen LogP contribution in [0, 0.1) is 5.41 Å². The molecule has 1 saturated heterocycles. The Hall–Kier alpha value is -3.25. The second-order valence-corrected chi connectivity index (χ2v) is 8.90. The molecular weight excluding hydrogens is 412 g/mol. The van der Waals surface area contributed by atoms with E-state index in [1.807, 2.05) is 42.3 Å². The highest BCUT2D eigenvalue weighted by Gasteiger charge is 2.32. The monoisotopic (exact) mass is 444 g/mol. The number of hydrogen-bond donors (Lipinski definition) is 2. The van der Waals surface area contributed by atoms with Gasteiger partial charge in [0.15, 0.2) is 0 Å². The average molecular weight is 445 g/mol. The number of nitrogens with zero attached hydrogens (tertiary/aromatic N) is 2. The first-order valence-corrected chi connectivity index (χ1v) is 11.7. The fourth-order valence-electron chi connectivity index (χ4n) is 4.68. The average Bonchev–Trinajstić information content (AvgIpc) is 2.88. The van der Waals surface area contributed by atoms with Gasteiger partial charge in [0.25, 0.3) is 0 Å². The molecule has 2 aliphatic heterocycles. The summed E-state index contributed by atoms with van der Waals surface area (Å²) in [6, 6.07) is 12.4. The molecule has 1 aromatic carbocycles. The Morgan fingerprint density at radius 3 is 2.70 bits per heavy atom. The van der Waals surface area contributed by atoms with E-state index < -0.39 is 0 Å². The molecule has 33 heavy (non-hydrogen) atoms. The van der Waals surface area contributed by atoms with Gasteiger partial charge >= 0.3 is 0 Å². The van der Waals surface area contributed by atoms with Crippen molar-refractivity contribution < 1.29 is 9.59 Å². The van der Waals surface area contributed by atoms with Crippen molar-refractivity contribution in [1.82, 2.24) is 15.2 Å². The number of piperidine rings is 1. The molecule has 1 amide bonds. The molecule has 6 heteroatoms. The minimum absolute atomic E-state index is 0.000298. The Morgan fingerprint density at radius 1 is 1.24 bits per heavy atom. The molecule has 0 saturated carbocycles. The number of aldehydes is 1. The van der Waals surface area contributed by atoms with E-state index in [4.69, 9.17) is 0 Å². The number of anilines is 1. The maximum absolute atomic E-state index is 12.8. The van der Waals surface area contributed by atoms with E-state index in [9.17, 15) is 9.59 Å². The van der Waals surface area contributed by atoms with Crippen molar-refractivity contribution in [3.05, 3.63) is 71.4 Å². The zero-order valence-electron chi connectivity index (χ0n) is 19.2. The quantitative estimate of drug-likeness (QED) is 0.505. The Kier molecular flexibility index (Phi) is 7.35. The van der Waals surface area contributed by atoms with Crippen LogP contribution in [-0.4, -0.2) is 55.3 Å². The Balaban J connectivity index is 1.43. The lowest BCUT2D eigenvalue weighted by Crippen LogP contribution is -2.39. The van der Waals surface area contributed by atoms with Gasteiger partial charge in [-0.15, -0.1) is 0 Å². The van der Waals surface area contributed by atoms with Crippen LogP contribution in [-0.2, 0) is 16.0 Å². The van der Waals surface area contributed by atoms with Gasteiger partial charge in [0.1, 0.15) is 12.1 Å². The van der Waals surface area contributed by atoms with E-state index in [-0.39, 0.29) is 11.3 Å². The van der Waals surface area contributed by atoms with Crippen molar-refractivity contribution in [3.8, 4) is 0 Å². The van der Waals surface area contributed by atoms with Crippen molar-refractivity contribution in [3.63, 3.8) is 0 Å². The number of hydrogen-bond acceptors (Lipinski definition) is 5. The summed E-state index contributed by atoms with van der Waals surface area (Å²) in [7, 11) is 1.84. The van der Waals surface area contributed by atoms with Gasteiger partial charge in [-0.2, -0.15) is 0 Å². The van der Waals surface area contributed by atoms with Crippen LogP contribution in [0.1, 0.15) is 36.0 Å². The second kappa shape index (κ2) is 10.6. The zero-order chi connectivity index (χ0) is 23.1. The maximum atomic E-state index is 12.8. The summed E-state index contributed by atoms with van der Waals surface area (Å²) >= 11 is 0. The topological polar surface area (TPSA) is 74.3 Å². The summed E-state index contributed by atoms with van der Waals surface area (Å²) in [5.74, 6) is 0.785. The Morgan fingerprint density at radius 2 is 2.03 bits per heavy atom. The number of rotatable bonds is 7. The van der Waals surface area contributed by atoms with Gasteiger partial charge in [0.2, 0.25) is 5.91 Å². The van der Waals surface area contributed by atoms with Gasteiger partial charge in [-0.3, -0.25) is 4.79 Å². The SMILES string of the molecule is CNc1ncc(/C=C/C(=O)N2CC=C(c3ccccc3)CC2)cc1CC1(C=O)CCNCC1. The largest absolute Gasteiger partial charge is 0.373 e. The minimum Gasteiger partial charge on any atom is -0.373 e. The number of carbonyl (C=O) groups excluding carboxylic acids is 2. The van der Waals surface area contributed by atoms with Crippen molar-refractivity contribution in [1.29, 1.82) is 0 Å². The smallest absolute Gasteiger partial charge is 0.246 e. The fraction of sp³-hybridized carbons (Fsp3) is 0.370.